The van der Waals surface area contributed by atoms with Crippen LogP contribution >= 0.6 is 11.8 Å². The first-order chi connectivity index (χ1) is 8.11. The molecule has 0 radical (unpaired) electrons. The van der Waals surface area contributed by atoms with Crippen molar-refractivity contribution in [2.45, 2.75) is 11.9 Å². The maximum absolute atomic E-state index is 11.0. The number of thioether (sulfide) groups is 1. The molecule has 2 heterocycles. The van der Waals surface area contributed by atoms with E-state index < -0.39 is 5.97 Å². The number of carboxylic acids is 1. The lowest BCUT2D eigenvalue weighted by molar-refractivity contribution is -0.142. The molecule has 0 aromatic carbocycles. The van der Waals surface area contributed by atoms with Crippen LogP contribution in [0.25, 0.3) is 0 Å². The zero-order chi connectivity index (χ0) is 12.4. The topological polar surface area (TPSA) is 66.3 Å². The van der Waals surface area contributed by atoms with Gasteiger partial charge in [0, 0.05) is 19.2 Å². The fraction of sp³-hybridized carbons (Fsp3) is 0.545. The first-order valence-corrected chi connectivity index (χ1v) is 6.68. The van der Waals surface area contributed by atoms with Gasteiger partial charge in [-0.2, -0.15) is 0 Å². The van der Waals surface area contributed by atoms with Crippen LogP contribution in [-0.2, 0) is 4.79 Å². The molecule has 1 aliphatic heterocycles. The number of aromatic nitrogens is 2. The molecule has 5 nitrogen and oxygen atoms in total. The standard InChI is InChI=1S/C11H15N3O2S/c1-7-4-14(5-8(7)11(15)16)9-3-10(17-2)13-6-12-9/h3,6-8H,4-5H2,1-2H3,(H,15,16). The third kappa shape index (κ3) is 2.52. The van der Waals surface area contributed by atoms with Crippen LogP contribution in [0.5, 0.6) is 0 Å². The van der Waals surface area contributed by atoms with Crippen LogP contribution in [0.2, 0.25) is 0 Å². The second kappa shape index (κ2) is 4.91. The third-order valence-corrected chi connectivity index (χ3v) is 3.73. The fourth-order valence-electron chi connectivity index (χ4n) is 2.09. The highest BCUT2D eigenvalue weighted by molar-refractivity contribution is 7.98. The van der Waals surface area contributed by atoms with Crippen LogP contribution in [-0.4, -0.2) is 40.4 Å². The molecule has 0 bridgehead atoms. The third-order valence-electron chi connectivity index (χ3n) is 3.09. The quantitative estimate of drug-likeness (QED) is 0.648. The molecule has 1 aliphatic rings. The summed E-state index contributed by atoms with van der Waals surface area (Å²) in [6.07, 6.45) is 3.48. The summed E-state index contributed by atoms with van der Waals surface area (Å²) >= 11 is 1.56. The molecule has 2 rings (SSSR count). The Morgan fingerprint density at radius 2 is 2.29 bits per heavy atom. The Labute approximate surface area is 104 Å². The lowest BCUT2D eigenvalue weighted by Crippen LogP contribution is -2.23. The Morgan fingerprint density at radius 3 is 2.88 bits per heavy atom. The molecular formula is C11H15N3O2S. The highest BCUT2D eigenvalue weighted by Crippen LogP contribution is 2.28. The molecule has 6 heteroatoms. The van der Waals surface area contributed by atoms with E-state index in [1.54, 1.807) is 11.8 Å². The number of carboxylic acid groups (broad SMARTS) is 1. The Morgan fingerprint density at radius 1 is 1.53 bits per heavy atom. The number of nitrogens with zero attached hydrogens (tertiary/aromatic N) is 3. The molecule has 17 heavy (non-hydrogen) atoms. The molecular weight excluding hydrogens is 238 g/mol. The Hall–Kier alpha value is -1.30. The average Bonchev–Trinajstić information content (AvgIpc) is 2.71. The van der Waals surface area contributed by atoms with Gasteiger partial charge in [-0.3, -0.25) is 4.79 Å². The van der Waals surface area contributed by atoms with Gasteiger partial charge in [-0.1, -0.05) is 6.92 Å². The summed E-state index contributed by atoms with van der Waals surface area (Å²) in [6, 6.07) is 1.90. The minimum absolute atomic E-state index is 0.153. The van der Waals surface area contributed by atoms with Gasteiger partial charge in [0.1, 0.15) is 17.2 Å². The fourth-order valence-corrected chi connectivity index (χ4v) is 2.47. The van der Waals surface area contributed by atoms with Gasteiger partial charge in [0.25, 0.3) is 0 Å². The van der Waals surface area contributed by atoms with E-state index in [0.29, 0.717) is 6.54 Å². The summed E-state index contributed by atoms with van der Waals surface area (Å²) in [7, 11) is 0. The normalized spacial score (nSPS) is 24.0. The van der Waals surface area contributed by atoms with E-state index in [4.69, 9.17) is 5.11 Å². The molecule has 92 valence electrons. The smallest absolute Gasteiger partial charge is 0.308 e. The Bertz CT molecular complexity index is 427. The minimum atomic E-state index is -0.723. The predicted octanol–water partition coefficient (Wildman–Crippen LogP) is 1.36. The molecule has 2 atom stereocenters. The van der Waals surface area contributed by atoms with E-state index in [-0.39, 0.29) is 11.8 Å². The van der Waals surface area contributed by atoms with Crippen LogP contribution in [0, 0.1) is 11.8 Å². The van der Waals surface area contributed by atoms with E-state index in [9.17, 15) is 4.79 Å². The van der Waals surface area contributed by atoms with Gasteiger partial charge in [0.15, 0.2) is 0 Å². The Kier molecular flexibility index (Phi) is 3.51. The largest absolute Gasteiger partial charge is 0.481 e. The maximum atomic E-state index is 11.0. The Balaban J connectivity index is 2.16. The summed E-state index contributed by atoms with van der Waals surface area (Å²) in [5.41, 5.74) is 0. The van der Waals surface area contributed by atoms with Crippen molar-refractivity contribution in [2.24, 2.45) is 11.8 Å². The van der Waals surface area contributed by atoms with Crippen molar-refractivity contribution in [2.75, 3.05) is 24.2 Å². The van der Waals surface area contributed by atoms with Crippen LogP contribution in [0.4, 0.5) is 5.82 Å². The van der Waals surface area contributed by atoms with Crippen molar-refractivity contribution in [3.05, 3.63) is 12.4 Å². The van der Waals surface area contributed by atoms with Crippen molar-refractivity contribution < 1.29 is 9.90 Å². The first-order valence-electron chi connectivity index (χ1n) is 5.45. The summed E-state index contributed by atoms with van der Waals surface area (Å²) in [4.78, 5) is 21.4. The lowest BCUT2D eigenvalue weighted by Gasteiger charge is -2.16. The maximum Gasteiger partial charge on any atom is 0.308 e. The van der Waals surface area contributed by atoms with E-state index in [1.807, 2.05) is 24.1 Å². The van der Waals surface area contributed by atoms with Crippen LogP contribution < -0.4 is 4.90 Å². The van der Waals surface area contributed by atoms with Gasteiger partial charge in [0.2, 0.25) is 0 Å². The molecule has 1 aromatic heterocycles. The zero-order valence-electron chi connectivity index (χ0n) is 9.83. The average molecular weight is 253 g/mol. The number of carbonyl (C=O) groups is 1. The van der Waals surface area contributed by atoms with Crippen LogP contribution in [0.1, 0.15) is 6.92 Å². The second-order valence-electron chi connectivity index (χ2n) is 4.25. The van der Waals surface area contributed by atoms with Crippen molar-refractivity contribution in [3.63, 3.8) is 0 Å². The number of anilines is 1. The molecule has 1 saturated heterocycles. The molecule has 1 fully saturated rings. The van der Waals surface area contributed by atoms with Gasteiger partial charge in [-0.15, -0.1) is 11.8 Å². The molecule has 1 aromatic rings. The number of rotatable bonds is 3. The van der Waals surface area contributed by atoms with Gasteiger partial charge in [-0.05, 0) is 12.2 Å². The second-order valence-corrected chi connectivity index (χ2v) is 5.07. The van der Waals surface area contributed by atoms with Gasteiger partial charge < -0.3 is 10.0 Å². The van der Waals surface area contributed by atoms with Crippen LogP contribution in [0.3, 0.4) is 0 Å². The highest BCUT2D eigenvalue weighted by atomic mass is 32.2. The number of hydrogen-bond acceptors (Lipinski definition) is 5. The zero-order valence-corrected chi connectivity index (χ0v) is 10.6. The SMILES string of the molecule is CSc1cc(N2CC(C)C(C(=O)O)C2)ncn1. The molecule has 0 saturated carbocycles. The van der Waals surface area contributed by atoms with Gasteiger partial charge in [0.05, 0.1) is 5.92 Å². The van der Waals surface area contributed by atoms with E-state index >= 15 is 0 Å². The summed E-state index contributed by atoms with van der Waals surface area (Å²) < 4.78 is 0. The minimum Gasteiger partial charge on any atom is -0.481 e. The molecule has 0 amide bonds. The molecule has 1 N–H and O–H groups in total. The number of aliphatic carboxylic acids is 1. The summed E-state index contributed by atoms with van der Waals surface area (Å²) in [5, 5.41) is 9.99. The summed E-state index contributed by atoms with van der Waals surface area (Å²) in [5.74, 6) is -0.0537. The number of hydrogen-bond donors (Lipinski definition) is 1. The van der Waals surface area contributed by atoms with E-state index in [1.165, 1.54) is 6.33 Å². The first kappa shape index (κ1) is 12.2. The van der Waals surface area contributed by atoms with E-state index in [0.717, 1.165) is 17.4 Å². The molecule has 2 unspecified atom stereocenters. The molecule has 0 aliphatic carbocycles. The van der Waals surface area contributed by atoms with Crippen molar-refractivity contribution in [1.29, 1.82) is 0 Å². The highest BCUT2D eigenvalue weighted by Gasteiger charge is 2.35. The molecule has 0 spiro atoms. The lowest BCUT2D eigenvalue weighted by atomic mass is 9.99. The van der Waals surface area contributed by atoms with Gasteiger partial charge >= 0.3 is 5.97 Å². The monoisotopic (exact) mass is 253 g/mol. The van der Waals surface area contributed by atoms with Crippen molar-refractivity contribution in [1.82, 2.24) is 9.97 Å². The van der Waals surface area contributed by atoms with Gasteiger partial charge in [-0.25, -0.2) is 9.97 Å². The van der Waals surface area contributed by atoms with E-state index in [2.05, 4.69) is 9.97 Å². The van der Waals surface area contributed by atoms with Crippen molar-refractivity contribution in [3.8, 4) is 0 Å². The van der Waals surface area contributed by atoms with Crippen molar-refractivity contribution >= 4 is 23.5 Å². The summed E-state index contributed by atoms with van der Waals surface area (Å²) in [6.45, 7) is 3.23. The van der Waals surface area contributed by atoms with Crippen LogP contribution in [0.15, 0.2) is 17.4 Å². The predicted molar refractivity (Wildman–Crippen MR) is 66.3 cm³/mol.